The number of hydrogen-bond acceptors (Lipinski definition) is 3. The van der Waals surface area contributed by atoms with Crippen LogP contribution in [0.2, 0.25) is 0 Å². The van der Waals surface area contributed by atoms with E-state index in [1.165, 1.54) is 0 Å². The number of carbonyl (C=O) groups excluding carboxylic acids is 1. The molecule has 1 aliphatic carbocycles. The van der Waals surface area contributed by atoms with Gasteiger partial charge in [0.15, 0.2) is 0 Å². The second-order valence-electron chi connectivity index (χ2n) is 4.67. The second kappa shape index (κ2) is 4.05. The molecule has 1 atom stereocenters. The van der Waals surface area contributed by atoms with Gasteiger partial charge in [0, 0.05) is 19.7 Å². The molecule has 0 aromatic carbocycles. The predicted molar refractivity (Wildman–Crippen MR) is 55.9 cm³/mol. The number of carboxylic acid groups (broad SMARTS) is 1. The Morgan fingerprint density at radius 2 is 2.12 bits per heavy atom. The third kappa shape index (κ3) is 1.91. The van der Waals surface area contributed by atoms with Crippen LogP contribution in [0.4, 0.5) is 0 Å². The van der Waals surface area contributed by atoms with E-state index in [0.717, 1.165) is 6.42 Å². The van der Waals surface area contributed by atoms with Gasteiger partial charge in [-0.3, -0.25) is 9.59 Å². The third-order valence-electron chi connectivity index (χ3n) is 3.31. The first kappa shape index (κ1) is 11.4. The average molecular weight is 227 g/mol. The number of hydrogen-bond donors (Lipinski definition) is 1. The molecule has 0 radical (unpaired) electrons. The van der Waals surface area contributed by atoms with E-state index in [2.05, 4.69) is 0 Å². The molecule has 0 aromatic rings. The number of amides is 1. The minimum Gasteiger partial charge on any atom is -0.480 e. The van der Waals surface area contributed by atoms with Crippen molar-refractivity contribution in [3.05, 3.63) is 0 Å². The highest BCUT2D eigenvalue weighted by atomic mass is 16.5. The summed E-state index contributed by atoms with van der Waals surface area (Å²) in [6, 6.07) is 0. The smallest absolute Gasteiger partial charge is 0.319 e. The molecule has 5 heteroatoms. The molecule has 1 saturated carbocycles. The van der Waals surface area contributed by atoms with Gasteiger partial charge >= 0.3 is 5.97 Å². The van der Waals surface area contributed by atoms with Crippen molar-refractivity contribution in [1.29, 1.82) is 0 Å². The highest BCUT2D eigenvalue weighted by Gasteiger charge is 2.58. The molecule has 1 amide bonds. The van der Waals surface area contributed by atoms with Crippen molar-refractivity contribution in [2.45, 2.75) is 32.3 Å². The van der Waals surface area contributed by atoms with E-state index in [4.69, 9.17) is 9.84 Å². The Morgan fingerprint density at radius 3 is 2.69 bits per heavy atom. The molecule has 1 saturated heterocycles. The molecule has 0 aromatic heterocycles. The molecule has 1 heterocycles. The Balaban J connectivity index is 2.06. The van der Waals surface area contributed by atoms with Crippen molar-refractivity contribution in [1.82, 2.24) is 4.90 Å². The second-order valence-corrected chi connectivity index (χ2v) is 4.67. The number of aliphatic carboxylic acids is 1. The molecular weight excluding hydrogens is 210 g/mol. The SMILES string of the molecule is CC1CN(C(=O)C2(C(=O)O)CC2)CCCO1. The highest BCUT2D eigenvalue weighted by molar-refractivity contribution is 6.04. The molecule has 1 unspecified atom stereocenters. The molecule has 2 fully saturated rings. The first-order valence-corrected chi connectivity index (χ1v) is 5.71. The minimum atomic E-state index is -1.11. The number of rotatable bonds is 2. The largest absolute Gasteiger partial charge is 0.480 e. The summed E-state index contributed by atoms with van der Waals surface area (Å²) in [4.78, 5) is 24.8. The standard InChI is InChI=1S/C11H17NO4/c1-8-7-12(5-2-6-16-8)9(13)11(3-4-11)10(14)15/h8H,2-7H2,1H3,(H,14,15). The Labute approximate surface area is 94.4 Å². The molecule has 90 valence electrons. The third-order valence-corrected chi connectivity index (χ3v) is 3.31. The molecule has 1 N–H and O–H groups in total. The maximum Gasteiger partial charge on any atom is 0.319 e. The molecule has 16 heavy (non-hydrogen) atoms. The van der Waals surface area contributed by atoms with Crippen LogP contribution in [0.5, 0.6) is 0 Å². The van der Waals surface area contributed by atoms with Crippen LogP contribution in [0.15, 0.2) is 0 Å². The zero-order valence-electron chi connectivity index (χ0n) is 9.44. The fraction of sp³-hybridized carbons (Fsp3) is 0.818. The monoisotopic (exact) mass is 227 g/mol. The molecule has 0 spiro atoms. The van der Waals surface area contributed by atoms with Crippen molar-refractivity contribution in [2.75, 3.05) is 19.7 Å². The summed E-state index contributed by atoms with van der Waals surface area (Å²) in [5, 5.41) is 9.06. The Bertz CT molecular complexity index is 311. The van der Waals surface area contributed by atoms with Gasteiger partial charge in [0.05, 0.1) is 6.10 Å². The van der Waals surface area contributed by atoms with Crippen molar-refractivity contribution in [3.63, 3.8) is 0 Å². The topological polar surface area (TPSA) is 66.8 Å². The van der Waals surface area contributed by atoms with E-state index in [9.17, 15) is 9.59 Å². The quantitative estimate of drug-likeness (QED) is 0.697. The van der Waals surface area contributed by atoms with E-state index in [1.54, 1.807) is 4.90 Å². The van der Waals surface area contributed by atoms with Crippen molar-refractivity contribution >= 4 is 11.9 Å². The summed E-state index contributed by atoms with van der Waals surface area (Å²) in [6.07, 6.45) is 1.74. The van der Waals surface area contributed by atoms with E-state index in [1.807, 2.05) is 6.92 Å². The zero-order valence-corrected chi connectivity index (χ0v) is 9.44. The Kier molecular flexibility index (Phi) is 2.88. The normalized spacial score (nSPS) is 28.3. The predicted octanol–water partition coefficient (Wildman–Crippen LogP) is 0.489. The average Bonchev–Trinajstić information content (AvgIpc) is 3.01. The molecule has 5 nitrogen and oxygen atoms in total. The summed E-state index contributed by atoms with van der Waals surface area (Å²) in [5.41, 5.74) is -1.11. The van der Waals surface area contributed by atoms with Gasteiger partial charge in [-0.2, -0.15) is 0 Å². The number of carbonyl (C=O) groups is 2. The lowest BCUT2D eigenvalue weighted by Crippen LogP contribution is -2.43. The maximum absolute atomic E-state index is 12.1. The van der Waals surface area contributed by atoms with Gasteiger partial charge in [0.2, 0.25) is 5.91 Å². The summed E-state index contributed by atoms with van der Waals surface area (Å²) >= 11 is 0. The van der Waals surface area contributed by atoms with Crippen LogP contribution >= 0.6 is 0 Å². The minimum absolute atomic E-state index is 0.00366. The van der Waals surface area contributed by atoms with Gasteiger partial charge < -0.3 is 14.7 Å². The van der Waals surface area contributed by atoms with Crippen LogP contribution in [0, 0.1) is 5.41 Å². The van der Waals surface area contributed by atoms with Crippen LogP contribution in [0.1, 0.15) is 26.2 Å². The maximum atomic E-state index is 12.1. The zero-order chi connectivity index (χ0) is 11.8. The Morgan fingerprint density at radius 1 is 1.44 bits per heavy atom. The lowest BCUT2D eigenvalue weighted by molar-refractivity contribution is -0.153. The van der Waals surface area contributed by atoms with E-state index < -0.39 is 11.4 Å². The van der Waals surface area contributed by atoms with Gasteiger partial charge in [-0.05, 0) is 26.2 Å². The molecule has 1 aliphatic heterocycles. The summed E-state index contributed by atoms with van der Waals surface area (Å²) in [5.74, 6) is -1.20. The van der Waals surface area contributed by atoms with Gasteiger partial charge in [-0.25, -0.2) is 0 Å². The lowest BCUT2D eigenvalue weighted by Gasteiger charge is -2.25. The van der Waals surface area contributed by atoms with Gasteiger partial charge in [0.1, 0.15) is 5.41 Å². The van der Waals surface area contributed by atoms with Crippen LogP contribution in [0.3, 0.4) is 0 Å². The number of carboxylic acids is 1. The molecule has 0 bridgehead atoms. The van der Waals surface area contributed by atoms with Crippen LogP contribution in [-0.2, 0) is 14.3 Å². The van der Waals surface area contributed by atoms with Crippen LogP contribution < -0.4 is 0 Å². The van der Waals surface area contributed by atoms with Crippen LogP contribution in [0.25, 0.3) is 0 Å². The number of ether oxygens (including phenoxy) is 1. The highest BCUT2D eigenvalue weighted by Crippen LogP contribution is 2.47. The van der Waals surface area contributed by atoms with Crippen molar-refractivity contribution in [2.24, 2.45) is 5.41 Å². The van der Waals surface area contributed by atoms with Gasteiger partial charge in [0.25, 0.3) is 0 Å². The van der Waals surface area contributed by atoms with E-state index >= 15 is 0 Å². The fourth-order valence-corrected chi connectivity index (χ4v) is 2.13. The van der Waals surface area contributed by atoms with Gasteiger partial charge in [-0.15, -0.1) is 0 Å². The van der Waals surface area contributed by atoms with Crippen molar-refractivity contribution < 1.29 is 19.4 Å². The fourth-order valence-electron chi connectivity index (χ4n) is 2.13. The molecular formula is C11H17NO4. The first-order valence-electron chi connectivity index (χ1n) is 5.71. The van der Waals surface area contributed by atoms with Crippen molar-refractivity contribution in [3.8, 4) is 0 Å². The van der Waals surface area contributed by atoms with Gasteiger partial charge in [-0.1, -0.05) is 0 Å². The first-order chi connectivity index (χ1) is 7.56. The number of nitrogens with zero attached hydrogens (tertiary/aromatic N) is 1. The summed E-state index contributed by atoms with van der Waals surface area (Å²) in [7, 11) is 0. The molecule has 2 aliphatic rings. The van der Waals surface area contributed by atoms with E-state index in [0.29, 0.717) is 32.5 Å². The Hall–Kier alpha value is -1.10. The van der Waals surface area contributed by atoms with Crippen LogP contribution in [-0.4, -0.2) is 47.7 Å². The summed E-state index contributed by atoms with van der Waals surface area (Å²) < 4.78 is 5.44. The van der Waals surface area contributed by atoms with E-state index in [-0.39, 0.29) is 12.0 Å². The lowest BCUT2D eigenvalue weighted by atomic mass is 10.1. The summed E-state index contributed by atoms with van der Waals surface area (Å²) in [6.45, 7) is 3.67. The molecule has 2 rings (SSSR count).